The summed E-state index contributed by atoms with van der Waals surface area (Å²) in [5.74, 6) is 0.824. The number of nitrogens with zero attached hydrogens (tertiary/aromatic N) is 1. The summed E-state index contributed by atoms with van der Waals surface area (Å²) in [6.45, 7) is 2.57. The lowest BCUT2D eigenvalue weighted by Gasteiger charge is -2.26. The smallest absolute Gasteiger partial charge is 0.220 e. The molecule has 1 amide bonds. The Morgan fingerprint density at radius 1 is 1.21 bits per heavy atom. The fourth-order valence-electron chi connectivity index (χ4n) is 3.03. The summed E-state index contributed by atoms with van der Waals surface area (Å²) in [5, 5.41) is 4.83. The van der Waals surface area contributed by atoms with E-state index in [9.17, 15) is 9.59 Å². The molecule has 3 heterocycles. The van der Waals surface area contributed by atoms with Gasteiger partial charge in [0.15, 0.2) is 5.78 Å². The first kappa shape index (κ1) is 16.9. The first-order chi connectivity index (χ1) is 11.7. The second-order valence-electron chi connectivity index (χ2n) is 5.98. The molecular formula is C18H22N2O3S. The fourth-order valence-corrected chi connectivity index (χ4v) is 3.72. The maximum absolute atomic E-state index is 12.1. The van der Waals surface area contributed by atoms with Crippen LogP contribution in [0.2, 0.25) is 0 Å². The van der Waals surface area contributed by atoms with Gasteiger partial charge in [0.05, 0.1) is 17.2 Å². The van der Waals surface area contributed by atoms with E-state index in [0.29, 0.717) is 11.4 Å². The van der Waals surface area contributed by atoms with Gasteiger partial charge < -0.3 is 9.73 Å². The zero-order chi connectivity index (χ0) is 16.8. The number of carbonyl (C=O) groups excluding carboxylic acids is 2. The average Bonchev–Trinajstić information content (AvgIpc) is 3.35. The zero-order valence-corrected chi connectivity index (χ0v) is 14.4. The van der Waals surface area contributed by atoms with Crippen molar-refractivity contribution in [3.05, 3.63) is 46.5 Å². The predicted octanol–water partition coefficient (Wildman–Crippen LogP) is 3.26. The minimum Gasteiger partial charge on any atom is -0.468 e. The van der Waals surface area contributed by atoms with Crippen LogP contribution in [0.1, 0.15) is 47.2 Å². The van der Waals surface area contributed by atoms with E-state index in [2.05, 4.69) is 10.2 Å². The molecular weight excluding hydrogens is 324 g/mol. The van der Waals surface area contributed by atoms with Crippen molar-refractivity contribution >= 4 is 23.0 Å². The van der Waals surface area contributed by atoms with Gasteiger partial charge in [0, 0.05) is 19.4 Å². The highest BCUT2D eigenvalue weighted by Gasteiger charge is 2.25. The predicted molar refractivity (Wildman–Crippen MR) is 93.1 cm³/mol. The number of thiophene rings is 1. The van der Waals surface area contributed by atoms with E-state index in [1.807, 2.05) is 23.6 Å². The largest absolute Gasteiger partial charge is 0.468 e. The maximum atomic E-state index is 12.1. The Labute approximate surface area is 145 Å². The van der Waals surface area contributed by atoms with E-state index in [4.69, 9.17) is 4.42 Å². The molecule has 128 valence electrons. The van der Waals surface area contributed by atoms with Crippen LogP contribution < -0.4 is 5.32 Å². The number of Topliss-reactive ketones (excluding diaryl/α,β-unsaturated/α-hetero) is 1. The van der Waals surface area contributed by atoms with Gasteiger partial charge in [-0.1, -0.05) is 6.07 Å². The lowest BCUT2D eigenvalue weighted by molar-refractivity contribution is -0.121. The summed E-state index contributed by atoms with van der Waals surface area (Å²) in [4.78, 5) is 27.1. The van der Waals surface area contributed by atoms with Gasteiger partial charge in [-0.15, -0.1) is 11.3 Å². The van der Waals surface area contributed by atoms with Crippen molar-refractivity contribution in [1.82, 2.24) is 10.2 Å². The highest BCUT2D eigenvalue weighted by molar-refractivity contribution is 7.12. The molecule has 1 aliphatic heterocycles. The van der Waals surface area contributed by atoms with Crippen molar-refractivity contribution in [2.45, 2.75) is 31.7 Å². The van der Waals surface area contributed by atoms with Crippen LogP contribution in [0.25, 0.3) is 0 Å². The molecule has 1 aliphatic rings. The molecule has 6 heteroatoms. The van der Waals surface area contributed by atoms with E-state index in [0.717, 1.165) is 18.8 Å². The standard InChI is InChI=1S/C18H22N2O3S/c21-15(17-6-4-12-24-17)7-8-18(22)19-13-14(16-5-3-11-23-16)20-9-1-2-10-20/h3-6,11-12,14H,1-2,7-10,13H2,(H,19,22). The molecule has 0 bridgehead atoms. The molecule has 1 unspecified atom stereocenters. The van der Waals surface area contributed by atoms with E-state index in [1.165, 1.54) is 24.2 Å². The lowest BCUT2D eigenvalue weighted by Crippen LogP contribution is -2.36. The third-order valence-electron chi connectivity index (χ3n) is 4.32. The Bertz CT molecular complexity index is 646. The molecule has 24 heavy (non-hydrogen) atoms. The Morgan fingerprint density at radius 2 is 2.04 bits per heavy atom. The van der Waals surface area contributed by atoms with Crippen LogP contribution in [0.3, 0.4) is 0 Å². The van der Waals surface area contributed by atoms with Crippen LogP contribution in [0.4, 0.5) is 0 Å². The molecule has 1 atom stereocenters. The number of nitrogens with one attached hydrogen (secondary N) is 1. The summed E-state index contributed by atoms with van der Waals surface area (Å²) in [7, 11) is 0. The molecule has 0 saturated carbocycles. The van der Waals surface area contributed by atoms with Gasteiger partial charge >= 0.3 is 0 Å². The van der Waals surface area contributed by atoms with Crippen LogP contribution in [-0.2, 0) is 4.79 Å². The summed E-state index contributed by atoms with van der Waals surface area (Å²) >= 11 is 1.42. The Morgan fingerprint density at radius 3 is 2.71 bits per heavy atom. The van der Waals surface area contributed by atoms with Gasteiger partial charge in [0.1, 0.15) is 5.76 Å². The maximum Gasteiger partial charge on any atom is 0.220 e. The average molecular weight is 346 g/mol. The topological polar surface area (TPSA) is 62.6 Å². The van der Waals surface area contributed by atoms with Crippen LogP contribution in [0.15, 0.2) is 40.3 Å². The third kappa shape index (κ3) is 4.33. The van der Waals surface area contributed by atoms with Gasteiger partial charge in [-0.2, -0.15) is 0 Å². The molecule has 0 aliphatic carbocycles. The summed E-state index contributed by atoms with van der Waals surface area (Å²) < 4.78 is 5.54. The van der Waals surface area contributed by atoms with Crippen LogP contribution >= 0.6 is 11.3 Å². The van der Waals surface area contributed by atoms with Gasteiger partial charge in [-0.3, -0.25) is 14.5 Å². The third-order valence-corrected chi connectivity index (χ3v) is 5.23. The minimum absolute atomic E-state index is 0.0299. The van der Waals surface area contributed by atoms with Crippen LogP contribution in [-0.4, -0.2) is 36.2 Å². The molecule has 5 nitrogen and oxygen atoms in total. The van der Waals surface area contributed by atoms with Crippen molar-refractivity contribution in [2.75, 3.05) is 19.6 Å². The molecule has 1 saturated heterocycles. The molecule has 1 fully saturated rings. The number of furan rings is 1. The molecule has 2 aromatic rings. The Hall–Kier alpha value is -1.92. The van der Waals surface area contributed by atoms with Gasteiger partial charge in [-0.05, 0) is 49.5 Å². The molecule has 2 aromatic heterocycles. The molecule has 0 aromatic carbocycles. The molecule has 1 N–H and O–H groups in total. The number of ketones is 1. The first-order valence-corrected chi connectivity index (χ1v) is 9.23. The summed E-state index contributed by atoms with van der Waals surface area (Å²) in [6.07, 6.45) is 4.50. The SMILES string of the molecule is O=C(CCC(=O)c1cccs1)NCC(c1ccco1)N1CCCC1. The molecule has 0 radical (unpaired) electrons. The Balaban J connectivity index is 1.49. The van der Waals surface area contributed by atoms with Crippen LogP contribution in [0.5, 0.6) is 0 Å². The van der Waals surface area contributed by atoms with Crippen molar-refractivity contribution < 1.29 is 14.0 Å². The van der Waals surface area contributed by atoms with E-state index in [-0.39, 0.29) is 30.6 Å². The van der Waals surface area contributed by atoms with Crippen molar-refractivity contribution in [3.8, 4) is 0 Å². The normalized spacial score (nSPS) is 16.2. The van der Waals surface area contributed by atoms with Crippen LogP contribution in [0, 0.1) is 0 Å². The van der Waals surface area contributed by atoms with Crippen molar-refractivity contribution in [3.63, 3.8) is 0 Å². The van der Waals surface area contributed by atoms with Gasteiger partial charge in [0.25, 0.3) is 0 Å². The van der Waals surface area contributed by atoms with E-state index in [1.54, 1.807) is 12.3 Å². The van der Waals surface area contributed by atoms with Crippen molar-refractivity contribution in [1.29, 1.82) is 0 Å². The first-order valence-electron chi connectivity index (χ1n) is 8.35. The van der Waals surface area contributed by atoms with E-state index >= 15 is 0 Å². The monoisotopic (exact) mass is 346 g/mol. The summed E-state index contributed by atoms with van der Waals surface area (Å²) in [5.41, 5.74) is 0. The summed E-state index contributed by atoms with van der Waals surface area (Å²) in [6, 6.07) is 7.54. The Kier molecular flexibility index (Phi) is 5.82. The highest BCUT2D eigenvalue weighted by atomic mass is 32.1. The lowest BCUT2D eigenvalue weighted by atomic mass is 10.1. The second-order valence-corrected chi connectivity index (χ2v) is 6.93. The minimum atomic E-state index is -0.0874. The molecule has 3 rings (SSSR count). The number of hydrogen-bond donors (Lipinski definition) is 1. The van der Waals surface area contributed by atoms with E-state index < -0.39 is 0 Å². The van der Waals surface area contributed by atoms with Crippen molar-refractivity contribution in [2.24, 2.45) is 0 Å². The zero-order valence-electron chi connectivity index (χ0n) is 13.6. The second kappa shape index (κ2) is 8.26. The number of hydrogen-bond acceptors (Lipinski definition) is 5. The number of carbonyl (C=O) groups is 2. The quantitative estimate of drug-likeness (QED) is 0.745. The fraction of sp³-hybridized carbons (Fsp3) is 0.444. The van der Waals surface area contributed by atoms with Gasteiger partial charge in [0.2, 0.25) is 5.91 Å². The number of rotatable bonds is 8. The molecule has 0 spiro atoms. The van der Waals surface area contributed by atoms with Gasteiger partial charge in [-0.25, -0.2) is 0 Å². The highest BCUT2D eigenvalue weighted by Crippen LogP contribution is 2.24. The number of amides is 1. The number of likely N-dealkylation sites (tertiary alicyclic amines) is 1.